The molecule has 2 aliphatic carbocycles. The molecule has 0 bridgehead atoms. The van der Waals surface area contributed by atoms with Gasteiger partial charge in [-0.25, -0.2) is 0 Å². The van der Waals surface area contributed by atoms with Gasteiger partial charge in [0.1, 0.15) is 0 Å². The van der Waals surface area contributed by atoms with E-state index in [1.807, 2.05) is 0 Å². The molecule has 0 saturated heterocycles. The summed E-state index contributed by atoms with van der Waals surface area (Å²) >= 11 is 0. The standard InChI is InChI=1S/C52H39N/c1-51(2)45-30-34-16-9-8-15-33(34)29-44(45)42-25-23-36-28-38(24-27-40(36)48(42)51)53(37-18-6-5-7-19-37)50-41-21-13-11-17-35(41)31-46-47(50)43-26-22-32-14-10-12-20-39(32)49(43)52(46,3)4/h5-31H,1-4H3. The van der Waals surface area contributed by atoms with E-state index in [1.54, 1.807) is 0 Å². The van der Waals surface area contributed by atoms with Crippen molar-refractivity contribution in [3.8, 4) is 22.3 Å². The molecule has 11 rings (SSSR count). The Kier molecular flexibility index (Phi) is 6.14. The second-order valence-corrected chi connectivity index (χ2v) is 16.1. The molecular weight excluding hydrogens is 639 g/mol. The summed E-state index contributed by atoms with van der Waals surface area (Å²) < 4.78 is 0. The zero-order valence-electron chi connectivity index (χ0n) is 30.5. The van der Waals surface area contributed by atoms with E-state index in [1.165, 1.54) is 93.3 Å². The highest BCUT2D eigenvalue weighted by molar-refractivity contribution is 6.12. The molecule has 0 N–H and O–H groups in total. The molecule has 9 aromatic rings. The van der Waals surface area contributed by atoms with Crippen LogP contribution in [-0.4, -0.2) is 0 Å². The topological polar surface area (TPSA) is 3.24 Å². The van der Waals surface area contributed by atoms with Crippen LogP contribution in [0.1, 0.15) is 49.9 Å². The molecule has 0 unspecified atom stereocenters. The molecule has 2 aliphatic rings. The third-order valence-electron chi connectivity index (χ3n) is 12.5. The van der Waals surface area contributed by atoms with Crippen molar-refractivity contribution >= 4 is 60.2 Å². The largest absolute Gasteiger partial charge is 0.309 e. The number of hydrogen-bond donors (Lipinski definition) is 0. The first-order valence-corrected chi connectivity index (χ1v) is 18.9. The van der Waals surface area contributed by atoms with Crippen molar-refractivity contribution in [3.63, 3.8) is 0 Å². The van der Waals surface area contributed by atoms with Crippen LogP contribution in [0.5, 0.6) is 0 Å². The van der Waals surface area contributed by atoms with Crippen molar-refractivity contribution in [2.45, 2.75) is 38.5 Å². The molecule has 0 atom stereocenters. The quantitative estimate of drug-likeness (QED) is 0.180. The van der Waals surface area contributed by atoms with Gasteiger partial charge in [0, 0.05) is 33.2 Å². The maximum Gasteiger partial charge on any atom is 0.0621 e. The highest BCUT2D eigenvalue weighted by Gasteiger charge is 2.41. The van der Waals surface area contributed by atoms with Gasteiger partial charge in [0.05, 0.1) is 5.69 Å². The number of hydrogen-bond acceptors (Lipinski definition) is 1. The molecule has 0 radical (unpaired) electrons. The third-order valence-corrected chi connectivity index (χ3v) is 12.5. The summed E-state index contributed by atoms with van der Waals surface area (Å²) in [6, 6.07) is 61.4. The van der Waals surface area contributed by atoms with E-state index in [9.17, 15) is 0 Å². The molecule has 0 fully saturated rings. The summed E-state index contributed by atoms with van der Waals surface area (Å²) in [6.45, 7) is 9.63. The van der Waals surface area contributed by atoms with Gasteiger partial charge in [-0.1, -0.05) is 149 Å². The number of fused-ring (bicyclic) bond motifs is 12. The normalized spacial score (nSPS) is 14.7. The van der Waals surface area contributed by atoms with Gasteiger partial charge in [-0.3, -0.25) is 0 Å². The fourth-order valence-electron chi connectivity index (χ4n) is 10.1. The Bertz CT molecular complexity index is 3000. The molecule has 0 heterocycles. The number of anilines is 3. The van der Waals surface area contributed by atoms with E-state index in [0.717, 1.165) is 11.4 Å². The Balaban J connectivity index is 1.19. The predicted molar refractivity (Wildman–Crippen MR) is 226 cm³/mol. The molecule has 1 heteroatoms. The Morgan fingerprint density at radius 2 is 0.906 bits per heavy atom. The first-order valence-electron chi connectivity index (χ1n) is 18.9. The summed E-state index contributed by atoms with van der Waals surface area (Å²) in [5.74, 6) is 0. The van der Waals surface area contributed by atoms with Crippen LogP contribution in [0, 0.1) is 0 Å². The van der Waals surface area contributed by atoms with Gasteiger partial charge in [0.15, 0.2) is 0 Å². The third kappa shape index (κ3) is 4.14. The lowest BCUT2D eigenvalue weighted by Crippen LogP contribution is -2.17. The average Bonchev–Trinajstić information content (AvgIpc) is 3.56. The predicted octanol–water partition coefficient (Wildman–Crippen LogP) is 14.4. The SMILES string of the molecule is CC1(C)c2cc3ccccc3cc2-c2ccc3cc(N(c4ccccc4)c4c5c(cc6ccccc46)C(C)(C)c4c-5ccc5ccccc45)ccc3c21. The van der Waals surface area contributed by atoms with Crippen LogP contribution in [0.15, 0.2) is 164 Å². The molecule has 0 aliphatic heterocycles. The van der Waals surface area contributed by atoms with Crippen LogP contribution in [-0.2, 0) is 10.8 Å². The minimum atomic E-state index is -0.179. The summed E-state index contributed by atoms with van der Waals surface area (Å²) in [7, 11) is 0. The minimum Gasteiger partial charge on any atom is -0.309 e. The van der Waals surface area contributed by atoms with Crippen LogP contribution >= 0.6 is 0 Å². The van der Waals surface area contributed by atoms with Crippen LogP contribution in [0.2, 0.25) is 0 Å². The highest BCUT2D eigenvalue weighted by atomic mass is 15.1. The van der Waals surface area contributed by atoms with Crippen molar-refractivity contribution in [1.29, 1.82) is 0 Å². The second kappa shape index (κ2) is 10.7. The summed E-state index contributed by atoms with van der Waals surface area (Å²) in [4.78, 5) is 2.53. The van der Waals surface area contributed by atoms with E-state index >= 15 is 0 Å². The van der Waals surface area contributed by atoms with E-state index < -0.39 is 0 Å². The zero-order valence-corrected chi connectivity index (χ0v) is 30.5. The van der Waals surface area contributed by atoms with Gasteiger partial charge in [0.2, 0.25) is 0 Å². The van der Waals surface area contributed by atoms with Gasteiger partial charge in [-0.05, 0) is 119 Å². The van der Waals surface area contributed by atoms with Crippen LogP contribution in [0.3, 0.4) is 0 Å². The fraction of sp³-hybridized carbons (Fsp3) is 0.115. The number of benzene rings is 9. The van der Waals surface area contributed by atoms with Crippen molar-refractivity contribution in [2.75, 3.05) is 4.90 Å². The summed E-state index contributed by atoms with van der Waals surface area (Å²) in [6.07, 6.45) is 0. The summed E-state index contributed by atoms with van der Waals surface area (Å²) in [5, 5.41) is 10.3. The maximum atomic E-state index is 2.53. The monoisotopic (exact) mass is 677 g/mol. The lowest BCUT2D eigenvalue weighted by molar-refractivity contribution is 0.667. The van der Waals surface area contributed by atoms with Gasteiger partial charge in [-0.15, -0.1) is 0 Å². The van der Waals surface area contributed by atoms with Crippen molar-refractivity contribution in [1.82, 2.24) is 0 Å². The Morgan fingerprint density at radius 3 is 1.70 bits per heavy atom. The fourth-order valence-corrected chi connectivity index (χ4v) is 10.1. The molecule has 53 heavy (non-hydrogen) atoms. The van der Waals surface area contributed by atoms with Gasteiger partial charge >= 0.3 is 0 Å². The molecule has 9 aromatic carbocycles. The molecule has 252 valence electrons. The van der Waals surface area contributed by atoms with Crippen LogP contribution in [0.25, 0.3) is 65.3 Å². The molecule has 1 nitrogen and oxygen atoms in total. The number of nitrogens with zero attached hydrogens (tertiary/aromatic N) is 1. The van der Waals surface area contributed by atoms with E-state index in [0.29, 0.717) is 0 Å². The van der Waals surface area contributed by atoms with E-state index in [4.69, 9.17) is 0 Å². The number of rotatable bonds is 3. The lowest BCUT2D eigenvalue weighted by Gasteiger charge is -2.31. The summed E-state index contributed by atoms with van der Waals surface area (Å²) in [5.41, 5.74) is 14.3. The van der Waals surface area contributed by atoms with Gasteiger partial charge < -0.3 is 4.90 Å². The zero-order chi connectivity index (χ0) is 35.6. The molecule has 0 aromatic heterocycles. The smallest absolute Gasteiger partial charge is 0.0621 e. The first kappa shape index (κ1) is 30.4. The Labute approximate surface area is 310 Å². The molecule has 0 amide bonds. The second-order valence-electron chi connectivity index (χ2n) is 16.1. The molecule has 0 spiro atoms. The Hall–Kier alpha value is -6.18. The molecule has 0 saturated carbocycles. The van der Waals surface area contributed by atoms with E-state index in [2.05, 4.69) is 196 Å². The van der Waals surface area contributed by atoms with Crippen LogP contribution < -0.4 is 4.90 Å². The van der Waals surface area contributed by atoms with Gasteiger partial charge in [-0.2, -0.15) is 0 Å². The highest BCUT2D eigenvalue weighted by Crippen LogP contribution is 2.59. The Morgan fingerprint density at radius 1 is 0.358 bits per heavy atom. The minimum absolute atomic E-state index is 0.122. The van der Waals surface area contributed by atoms with Crippen molar-refractivity contribution < 1.29 is 0 Å². The lowest BCUT2D eigenvalue weighted by atomic mass is 9.79. The number of para-hydroxylation sites is 1. The molecular formula is C52H39N. The first-order chi connectivity index (χ1) is 25.8. The van der Waals surface area contributed by atoms with Crippen molar-refractivity contribution in [2.24, 2.45) is 0 Å². The average molecular weight is 678 g/mol. The van der Waals surface area contributed by atoms with Crippen molar-refractivity contribution in [3.05, 3.63) is 186 Å². The van der Waals surface area contributed by atoms with Gasteiger partial charge in [0.25, 0.3) is 0 Å². The van der Waals surface area contributed by atoms with E-state index in [-0.39, 0.29) is 10.8 Å². The van der Waals surface area contributed by atoms with Crippen LogP contribution in [0.4, 0.5) is 17.1 Å². The maximum absolute atomic E-state index is 2.53.